The van der Waals surface area contributed by atoms with E-state index in [9.17, 15) is 9.59 Å². The molecule has 2 amide bonds. The van der Waals surface area contributed by atoms with Gasteiger partial charge in [0.1, 0.15) is 0 Å². The molecule has 1 saturated carbocycles. The van der Waals surface area contributed by atoms with Gasteiger partial charge >= 0.3 is 0 Å². The number of imide groups is 1. The van der Waals surface area contributed by atoms with E-state index in [1.807, 2.05) is 19.1 Å². The second-order valence-corrected chi connectivity index (χ2v) is 8.27. The Hall–Kier alpha value is -2.89. The molecule has 1 aromatic rings. The molecule has 30 heavy (non-hydrogen) atoms. The van der Waals surface area contributed by atoms with Gasteiger partial charge in [-0.3, -0.25) is 9.59 Å². The highest BCUT2D eigenvalue weighted by atomic mass is 16.5. The number of methoxy groups -OCH3 is 1. The van der Waals surface area contributed by atoms with Crippen LogP contribution in [0.25, 0.3) is 0 Å². The second-order valence-electron chi connectivity index (χ2n) is 8.27. The number of benzene rings is 1. The molecule has 0 aromatic heterocycles. The molecular formula is C24H28N2O4. The van der Waals surface area contributed by atoms with Crippen LogP contribution in [0.5, 0.6) is 11.5 Å². The molecular weight excluding hydrogens is 380 g/mol. The lowest BCUT2D eigenvalue weighted by molar-refractivity contribution is -0.140. The van der Waals surface area contributed by atoms with E-state index in [4.69, 9.17) is 9.47 Å². The van der Waals surface area contributed by atoms with E-state index in [-0.39, 0.29) is 41.6 Å². The van der Waals surface area contributed by atoms with Gasteiger partial charge in [-0.2, -0.15) is 10.1 Å². The van der Waals surface area contributed by atoms with Crippen molar-refractivity contribution in [3.63, 3.8) is 0 Å². The quantitative estimate of drug-likeness (QED) is 0.373. The molecule has 5 atom stereocenters. The van der Waals surface area contributed by atoms with Crippen LogP contribution in [-0.2, 0) is 16.0 Å². The van der Waals surface area contributed by atoms with Crippen LogP contribution in [0.2, 0.25) is 0 Å². The Labute approximate surface area is 177 Å². The van der Waals surface area contributed by atoms with Crippen molar-refractivity contribution in [3.8, 4) is 11.5 Å². The molecule has 1 aromatic carbocycles. The van der Waals surface area contributed by atoms with E-state index in [1.165, 1.54) is 0 Å². The molecule has 1 saturated heterocycles. The standard InChI is InChI=1S/C24H28N2O4/c1-5-7-18-10-15(11-19(29-4)22(18)30-14(3)6-2)13-25-26-23(27)20-16-8-9-17(12-16)21(20)24(26)28/h5,8-11,13-14,16-17,20-21H,1,6-7,12H2,2-4H3/t14-,16-,17-,20-,21+/m0/s1. The minimum atomic E-state index is -0.248. The van der Waals surface area contributed by atoms with Crippen LogP contribution in [0.1, 0.15) is 37.8 Å². The zero-order chi connectivity index (χ0) is 21.4. The second kappa shape index (κ2) is 8.09. The van der Waals surface area contributed by atoms with E-state index in [2.05, 4.69) is 30.8 Å². The Morgan fingerprint density at radius 1 is 1.23 bits per heavy atom. The molecule has 1 heterocycles. The van der Waals surface area contributed by atoms with Gasteiger partial charge in [-0.15, -0.1) is 6.58 Å². The first kappa shape index (κ1) is 20.4. The normalized spacial score (nSPS) is 27.8. The summed E-state index contributed by atoms with van der Waals surface area (Å²) in [5.41, 5.74) is 1.66. The Morgan fingerprint density at radius 3 is 2.47 bits per heavy atom. The summed E-state index contributed by atoms with van der Waals surface area (Å²) in [5.74, 6) is 0.759. The van der Waals surface area contributed by atoms with E-state index in [0.29, 0.717) is 17.9 Å². The first-order chi connectivity index (χ1) is 14.5. The van der Waals surface area contributed by atoms with E-state index >= 15 is 0 Å². The fourth-order valence-electron chi connectivity index (χ4n) is 4.76. The van der Waals surface area contributed by atoms with Gasteiger partial charge in [0.2, 0.25) is 0 Å². The molecule has 0 unspecified atom stereocenters. The molecule has 6 heteroatoms. The predicted octanol–water partition coefficient (Wildman–Crippen LogP) is 3.74. The van der Waals surface area contributed by atoms with E-state index < -0.39 is 0 Å². The average Bonchev–Trinajstić information content (AvgIpc) is 3.42. The number of rotatable bonds is 8. The van der Waals surface area contributed by atoms with Crippen LogP contribution in [-0.4, -0.2) is 36.3 Å². The maximum absolute atomic E-state index is 12.8. The van der Waals surface area contributed by atoms with Crippen molar-refractivity contribution in [1.82, 2.24) is 5.01 Å². The van der Waals surface area contributed by atoms with Gasteiger partial charge in [0.25, 0.3) is 11.8 Å². The van der Waals surface area contributed by atoms with Gasteiger partial charge in [0.15, 0.2) is 11.5 Å². The number of hydrogen-bond donors (Lipinski definition) is 0. The summed E-state index contributed by atoms with van der Waals surface area (Å²) in [6.45, 7) is 7.90. The zero-order valence-electron chi connectivity index (χ0n) is 17.7. The van der Waals surface area contributed by atoms with Crippen molar-refractivity contribution in [2.75, 3.05) is 7.11 Å². The van der Waals surface area contributed by atoms with Gasteiger partial charge in [-0.1, -0.05) is 25.2 Å². The third kappa shape index (κ3) is 3.34. The van der Waals surface area contributed by atoms with Gasteiger partial charge in [0, 0.05) is 5.56 Å². The maximum Gasteiger partial charge on any atom is 0.254 e. The van der Waals surface area contributed by atoms with Crippen molar-refractivity contribution in [3.05, 3.63) is 48.1 Å². The summed E-state index contributed by atoms with van der Waals surface area (Å²) in [6.07, 6.45) is 9.93. The smallest absolute Gasteiger partial charge is 0.254 e. The average molecular weight is 408 g/mol. The Morgan fingerprint density at radius 2 is 1.90 bits per heavy atom. The molecule has 2 aliphatic carbocycles. The Bertz CT molecular complexity index is 905. The van der Waals surface area contributed by atoms with Crippen molar-refractivity contribution in [2.45, 2.75) is 39.2 Å². The number of hydrogen-bond acceptors (Lipinski definition) is 5. The molecule has 0 N–H and O–H groups in total. The summed E-state index contributed by atoms with van der Waals surface area (Å²) in [7, 11) is 1.59. The lowest BCUT2D eigenvalue weighted by Gasteiger charge is -2.19. The third-order valence-corrected chi connectivity index (χ3v) is 6.40. The number of ether oxygens (including phenoxy) is 2. The van der Waals surface area contributed by atoms with Gasteiger partial charge in [0.05, 0.1) is 31.3 Å². The fraction of sp³-hybridized carbons (Fsp3) is 0.458. The highest BCUT2D eigenvalue weighted by Crippen LogP contribution is 2.52. The van der Waals surface area contributed by atoms with Crippen molar-refractivity contribution < 1.29 is 19.1 Å². The molecule has 158 valence electrons. The molecule has 3 aliphatic rings. The van der Waals surface area contributed by atoms with Crippen molar-refractivity contribution in [1.29, 1.82) is 0 Å². The number of amides is 2. The highest BCUT2D eigenvalue weighted by molar-refractivity contribution is 6.06. The molecule has 2 bridgehead atoms. The third-order valence-electron chi connectivity index (χ3n) is 6.40. The molecule has 6 nitrogen and oxygen atoms in total. The monoisotopic (exact) mass is 408 g/mol. The summed E-state index contributed by atoms with van der Waals surface area (Å²) in [5, 5.41) is 5.34. The number of allylic oxidation sites excluding steroid dienone is 3. The van der Waals surface area contributed by atoms with Crippen LogP contribution in [0.4, 0.5) is 0 Å². The number of fused-ring (bicyclic) bond motifs is 5. The summed E-state index contributed by atoms with van der Waals surface area (Å²) >= 11 is 0. The predicted molar refractivity (Wildman–Crippen MR) is 114 cm³/mol. The minimum absolute atomic E-state index is 0.0465. The minimum Gasteiger partial charge on any atom is -0.493 e. The summed E-state index contributed by atoms with van der Waals surface area (Å²) < 4.78 is 11.6. The van der Waals surface area contributed by atoms with Gasteiger partial charge in [-0.05, 0) is 55.7 Å². The number of carbonyl (C=O) groups excluding carboxylic acids is 2. The van der Waals surface area contributed by atoms with Gasteiger partial charge < -0.3 is 9.47 Å². The maximum atomic E-state index is 12.8. The van der Waals surface area contributed by atoms with Crippen LogP contribution >= 0.6 is 0 Å². The van der Waals surface area contributed by atoms with Crippen LogP contribution in [0.15, 0.2) is 42.0 Å². The lowest BCUT2D eigenvalue weighted by Crippen LogP contribution is -2.28. The zero-order valence-corrected chi connectivity index (χ0v) is 17.7. The number of nitrogens with zero attached hydrogens (tertiary/aromatic N) is 2. The topological polar surface area (TPSA) is 68.2 Å². The van der Waals surface area contributed by atoms with Crippen molar-refractivity contribution in [2.24, 2.45) is 28.8 Å². The molecule has 1 aliphatic heterocycles. The SMILES string of the molecule is C=CCc1cc(C=NN2C(=O)[C@@H]3[C@H](C2=O)[C@H]2C=C[C@H]3C2)cc(OC)c1O[C@@H](C)CC. The molecule has 2 fully saturated rings. The van der Waals surface area contributed by atoms with Gasteiger partial charge in [-0.25, -0.2) is 0 Å². The van der Waals surface area contributed by atoms with Crippen LogP contribution < -0.4 is 9.47 Å². The summed E-state index contributed by atoms with van der Waals surface area (Å²) in [4.78, 5) is 25.6. The van der Waals surface area contributed by atoms with Crippen LogP contribution in [0, 0.1) is 23.7 Å². The van der Waals surface area contributed by atoms with Crippen LogP contribution in [0.3, 0.4) is 0 Å². The van der Waals surface area contributed by atoms with Crippen molar-refractivity contribution >= 4 is 18.0 Å². The largest absolute Gasteiger partial charge is 0.493 e. The number of carbonyl (C=O) groups is 2. The fourth-order valence-corrected chi connectivity index (χ4v) is 4.76. The molecule has 0 spiro atoms. The lowest BCUT2D eigenvalue weighted by atomic mass is 9.85. The Kier molecular flexibility index (Phi) is 5.50. The molecule has 4 rings (SSSR count). The van der Waals surface area contributed by atoms with E-state index in [1.54, 1.807) is 19.4 Å². The number of hydrazone groups is 1. The Balaban J connectivity index is 1.61. The first-order valence-electron chi connectivity index (χ1n) is 10.6. The molecule has 0 radical (unpaired) electrons. The highest BCUT2D eigenvalue weighted by Gasteiger charge is 2.59. The first-order valence-corrected chi connectivity index (χ1v) is 10.6. The van der Waals surface area contributed by atoms with E-state index in [0.717, 1.165) is 29.0 Å². The summed E-state index contributed by atoms with van der Waals surface area (Å²) in [6, 6.07) is 3.74.